The average Bonchev–Trinajstić information content (AvgIpc) is 2.85. The summed E-state index contributed by atoms with van der Waals surface area (Å²) in [7, 11) is 1.60. The minimum Gasteiger partial charge on any atom is -0.497 e. The number of nitrogens with one attached hydrogen (secondary N) is 1. The van der Waals surface area contributed by atoms with Gasteiger partial charge in [0.15, 0.2) is 6.61 Å². The van der Waals surface area contributed by atoms with Gasteiger partial charge in [0, 0.05) is 22.1 Å². The standard InChI is InChI=1S/C29H33IN2O4/c1-29(2,3)31-28(34)26(18-21-9-6-5-7-10-21)32(19-22-11-8-12-25(17-22)35-4)27(33)20-36-24-15-13-23(30)14-16-24/h5-17,26H,18-20H2,1-4H3,(H,31,34)/t26-/m1/s1. The zero-order valence-corrected chi connectivity index (χ0v) is 23.3. The van der Waals surface area contributed by atoms with Gasteiger partial charge in [-0.15, -0.1) is 0 Å². The van der Waals surface area contributed by atoms with Crippen LogP contribution in [-0.4, -0.2) is 42.0 Å². The van der Waals surface area contributed by atoms with E-state index in [1.807, 2.05) is 99.6 Å². The Morgan fingerprint density at radius 3 is 2.22 bits per heavy atom. The number of halogens is 1. The third-order valence-corrected chi connectivity index (χ3v) is 6.15. The Kier molecular flexibility index (Phi) is 9.75. The highest BCUT2D eigenvalue weighted by Gasteiger charge is 2.32. The number of amides is 2. The van der Waals surface area contributed by atoms with Gasteiger partial charge in [-0.25, -0.2) is 0 Å². The van der Waals surface area contributed by atoms with Crippen molar-refractivity contribution in [3.8, 4) is 11.5 Å². The van der Waals surface area contributed by atoms with Crippen molar-refractivity contribution in [3.63, 3.8) is 0 Å². The number of carbonyl (C=O) groups excluding carboxylic acids is 2. The Morgan fingerprint density at radius 1 is 0.917 bits per heavy atom. The van der Waals surface area contributed by atoms with Gasteiger partial charge in [-0.1, -0.05) is 42.5 Å². The molecule has 190 valence electrons. The van der Waals surface area contributed by atoms with Crippen molar-refractivity contribution in [3.05, 3.63) is 93.6 Å². The van der Waals surface area contributed by atoms with E-state index in [2.05, 4.69) is 27.9 Å². The minimum absolute atomic E-state index is 0.182. The molecule has 3 aromatic carbocycles. The molecule has 2 amide bonds. The van der Waals surface area contributed by atoms with Gasteiger partial charge in [-0.3, -0.25) is 9.59 Å². The number of rotatable bonds is 10. The molecule has 0 aromatic heterocycles. The third kappa shape index (κ3) is 8.55. The molecule has 1 atom stereocenters. The Labute approximate surface area is 227 Å². The summed E-state index contributed by atoms with van der Waals surface area (Å²) >= 11 is 2.22. The predicted molar refractivity (Wildman–Crippen MR) is 150 cm³/mol. The van der Waals surface area contributed by atoms with E-state index in [4.69, 9.17) is 9.47 Å². The molecular weight excluding hydrogens is 567 g/mol. The number of carbonyl (C=O) groups is 2. The summed E-state index contributed by atoms with van der Waals surface area (Å²) in [4.78, 5) is 28.8. The lowest BCUT2D eigenvalue weighted by molar-refractivity contribution is -0.143. The van der Waals surface area contributed by atoms with Crippen molar-refractivity contribution in [2.75, 3.05) is 13.7 Å². The fourth-order valence-electron chi connectivity index (χ4n) is 3.73. The normalized spacial score (nSPS) is 11.9. The molecule has 0 unspecified atom stereocenters. The fourth-order valence-corrected chi connectivity index (χ4v) is 4.09. The molecule has 3 rings (SSSR count). The summed E-state index contributed by atoms with van der Waals surface area (Å²) in [5, 5.41) is 3.06. The molecule has 0 aliphatic heterocycles. The third-order valence-electron chi connectivity index (χ3n) is 5.43. The van der Waals surface area contributed by atoms with Crippen LogP contribution in [0.5, 0.6) is 11.5 Å². The molecule has 0 aliphatic carbocycles. The van der Waals surface area contributed by atoms with Crippen molar-refractivity contribution in [1.82, 2.24) is 10.2 Å². The number of nitrogens with zero attached hydrogens (tertiary/aromatic N) is 1. The smallest absolute Gasteiger partial charge is 0.261 e. The van der Waals surface area contributed by atoms with Crippen molar-refractivity contribution >= 4 is 34.4 Å². The van der Waals surface area contributed by atoms with E-state index in [1.54, 1.807) is 12.0 Å². The molecule has 0 fully saturated rings. The summed E-state index contributed by atoms with van der Waals surface area (Å²) in [6.07, 6.45) is 0.377. The van der Waals surface area contributed by atoms with Crippen LogP contribution in [0.2, 0.25) is 0 Å². The second kappa shape index (κ2) is 12.8. The topological polar surface area (TPSA) is 67.9 Å². The Hall–Kier alpha value is -3.07. The maximum absolute atomic E-state index is 13.6. The zero-order valence-electron chi connectivity index (χ0n) is 21.2. The first kappa shape index (κ1) is 27.5. The minimum atomic E-state index is -0.731. The van der Waals surface area contributed by atoms with Gasteiger partial charge in [0.05, 0.1) is 7.11 Å². The number of benzene rings is 3. The number of hydrogen-bond donors (Lipinski definition) is 1. The van der Waals surface area contributed by atoms with Crippen molar-refractivity contribution in [1.29, 1.82) is 0 Å². The summed E-state index contributed by atoms with van der Waals surface area (Å²) in [5.74, 6) is 0.802. The van der Waals surface area contributed by atoms with E-state index in [0.717, 1.165) is 14.7 Å². The quantitative estimate of drug-likeness (QED) is 0.324. The molecule has 3 aromatic rings. The summed E-state index contributed by atoms with van der Waals surface area (Å²) in [6, 6.07) is 24.0. The van der Waals surface area contributed by atoms with Gasteiger partial charge in [-0.05, 0) is 90.9 Å². The van der Waals surface area contributed by atoms with Crippen LogP contribution in [0.4, 0.5) is 0 Å². The van der Waals surface area contributed by atoms with Crippen LogP contribution < -0.4 is 14.8 Å². The van der Waals surface area contributed by atoms with E-state index in [0.29, 0.717) is 17.9 Å². The van der Waals surface area contributed by atoms with Crippen molar-refractivity contribution < 1.29 is 19.1 Å². The lowest BCUT2D eigenvalue weighted by Gasteiger charge is -2.33. The molecule has 7 heteroatoms. The van der Waals surface area contributed by atoms with Gasteiger partial charge >= 0.3 is 0 Å². The molecule has 0 saturated heterocycles. The van der Waals surface area contributed by atoms with E-state index < -0.39 is 11.6 Å². The zero-order chi connectivity index (χ0) is 26.1. The van der Waals surface area contributed by atoms with Gasteiger partial charge < -0.3 is 19.7 Å². The van der Waals surface area contributed by atoms with E-state index in [1.165, 1.54) is 0 Å². The maximum Gasteiger partial charge on any atom is 0.261 e. The predicted octanol–water partition coefficient (Wildman–Crippen LogP) is 5.23. The summed E-state index contributed by atoms with van der Waals surface area (Å²) < 4.78 is 12.3. The van der Waals surface area contributed by atoms with E-state index in [-0.39, 0.29) is 25.0 Å². The highest BCUT2D eigenvalue weighted by Crippen LogP contribution is 2.20. The van der Waals surface area contributed by atoms with Crippen LogP contribution in [0.25, 0.3) is 0 Å². The van der Waals surface area contributed by atoms with Crippen LogP contribution in [0.3, 0.4) is 0 Å². The van der Waals surface area contributed by atoms with Crippen LogP contribution in [0.15, 0.2) is 78.9 Å². The Bertz CT molecular complexity index is 1140. The molecule has 6 nitrogen and oxygen atoms in total. The molecule has 0 radical (unpaired) electrons. The molecule has 36 heavy (non-hydrogen) atoms. The Morgan fingerprint density at radius 2 is 1.58 bits per heavy atom. The number of ether oxygens (including phenoxy) is 2. The van der Waals surface area contributed by atoms with Crippen LogP contribution in [-0.2, 0) is 22.6 Å². The second-order valence-electron chi connectivity index (χ2n) is 9.56. The largest absolute Gasteiger partial charge is 0.497 e. The lowest BCUT2D eigenvalue weighted by atomic mass is 10.0. The van der Waals surface area contributed by atoms with Crippen LogP contribution >= 0.6 is 22.6 Å². The van der Waals surface area contributed by atoms with Crippen molar-refractivity contribution in [2.24, 2.45) is 0 Å². The van der Waals surface area contributed by atoms with Gasteiger partial charge in [0.1, 0.15) is 17.5 Å². The Balaban J connectivity index is 1.93. The second-order valence-corrected chi connectivity index (χ2v) is 10.8. The molecule has 0 spiro atoms. The molecule has 0 heterocycles. The monoisotopic (exact) mass is 600 g/mol. The molecular formula is C29H33IN2O4. The lowest BCUT2D eigenvalue weighted by Crippen LogP contribution is -2.55. The molecule has 0 bridgehead atoms. The number of hydrogen-bond acceptors (Lipinski definition) is 4. The highest BCUT2D eigenvalue weighted by molar-refractivity contribution is 14.1. The van der Waals surface area contributed by atoms with E-state index in [9.17, 15) is 9.59 Å². The first-order valence-electron chi connectivity index (χ1n) is 11.8. The average molecular weight is 600 g/mol. The molecule has 0 aliphatic rings. The van der Waals surface area contributed by atoms with Crippen LogP contribution in [0.1, 0.15) is 31.9 Å². The first-order chi connectivity index (χ1) is 17.1. The van der Waals surface area contributed by atoms with Crippen molar-refractivity contribution in [2.45, 2.75) is 45.3 Å². The van der Waals surface area contributed by atoms with Gasteiger partial charge in [-0.2, -0.15) is 0 Å². The fraction of sp³-hybridized carbons (Fsp3) is 0.310. The summed E-state index contributed by atoms with van der Waals surface area (Å²) in [6.45, 7) is 5.84. The summed E-state index contributed by atoms with van der Waals surface area (Å²) in [5.41, 5.74) is 1.38. The highest BCUT2D eigenvalue weighted by atomic mass is 127. The number of methoxy groups -OCH3 is 1. The van der Waals surface area contributed by atoms with Gasteiger partial charge in [0.25, 0.3) is 5.91 Å². The van der Waals surface area contributed by atoms with E-state index >= 15 is 0 Å². The van der Waals surface area contributed by atoms with Crippen LogP contribution in [0, 0.1) is 3.57 Å². The SMILES string of the molecule is COc1cccc(CN(C(=O)COc2ccc(I)cc2)[C@H](Cc2ccccc2)C(=O)NC(C)(C)C)c1. The molecule has 1 N–H and O–H groups in total. The molecule has 0 saturated carbocycles. The maximum atomic E-state index is 13.6. The van der Waals surface area contributed by atoms with Gasteiger partial charge in [0.2, 0.25) is 5.91 Å². The first-order valence-corrected chi connectivity index (χ1v) is 12.9.